The van der Waals surface area contributed by atoms with E-state index in [0.29, 0.717) is 44.5 Å². The summed E-state index contributed by atoms with van der Waals surface area (Å²) < 4.78 is 5.16. The van der Waals surface area contributed by atoms with Crippen LogP contribution in [0.15, 0.2) is 4.99 Å². The summed E-state index contributed by atoms with van der Waals surface area (Å²) in [5.74, 6) is 0.785. The summed E-state index contributed by atoms with van der Waals surface area (Å²) in [5, 5.41) is 11.9. The standard InChI is InChI=1S/C17H33N5O3.HI/c1-5-18-15(19-10-6-7-14(23)22-13-8-9-13)20-11-12-21-16(24)25-17(2,3)4;/h13H,5-12H2,1-4H3,(H,21,24)(H,22,23)(H2,18,19,20);1H. The van der Waals surface area contributed by atoms with Gasteiger partial charge in [-0.25, -0.2) is 4.79 Å². The van der Waals surface area contributed by atoms with E-state index in [1.54, 1.807) is 0 Å². The molecule has 0 saturated heterocycles. The molecule has 1 aliphatic carbocycles. The Morgan fingerprint density at radius 1 is 1.12 bits per heavy atom. The molecule has 0 bridgehead atoms. The summed E-state index contributed by atoms with van der Waals surface area (Å²) in [5.41, 5.74) is -0.500. The van der Waals surface area contributed by atoms with Gasteiger partial charge in [-0.05, 0) is 47.0 Å². The molecule has 0 atom stereocenters. The summed E-state index contributed by atoms with van der Waals surface area (Å²) in [4.78, 5) is 27.6. The van der Waals surface area contributed by atoms with Crippen molar-refractivity contribution < 1.29 is 14.3 Å². The number of aliphatic imine (C=N–C) groups is 1. The number of carbonyl (C=O) groups is 2. The van der Waals surface area contributed by atoms with Gasteiger partial charge in [0.05, 0.1) is 0 Å². The predicted molar refractivity (Wildman–Crippen MR) is 114 cm³/mol. The van der Waals surface area contributed by atoms with E-state index < -0.39 is 11.7 Å². The molecule has 0 radical (unpaired) electrons. The molecular weight excluding hydrogens is 449 g/mol. The van der Waals surface area contributed by atoms with Gasteiger partial charge in [-0.2, -0.15) is 0 Å². The molecule has 0 aliphatic heterocycles. The molecule has 1 saturated carbocycles. The molecule has 0 spiro atoms. The molecule has 2 amide bonds. The van der Waals surface area contributed by atoms with Crippen LogP contribution >= 0.6 is 24.0 Å². The molecule has 8 nitrogen and oxygen atoms in total. The zero-order valence-electron chi connectivity index (χ0n) is 16.3. The van der Waals surface area contributed by atoms with Crippen LogP contribution in [0.3, 0.4) is 0 Å². The highest BCUT2D eigenvalue weighted by Crippen LogP contribution is 2.18. The largest absolute Gasteiger partial charge is 0.444 e. The van der Waals surface area contributed by atoms with Gasteiger partial charge in [-0.3, -0.25) is 9.79 Å². The van der Waals surface area contributed by atoms with Gasteiger partial charge in [0.2, 0.25) is 5.91 Å². The molecule has 0 aromatic carbocycles. The molecule has 9 heteroatoms. The molecule has 4 N–H and O–H groups in total. The first-order chi connectivity index (χ1) is 11.8. The van der Waals surface area contributed by atoms with Crippen molar-refractivity contribution in [1.29, 1.82) is 0 Å². The first-order valence-electron chi connectivity index (χ1n) is 9.08. The number of hydrogen-bond acceptors (Lipinski definition) is 4. The van der Waals surface area contributed by atoms with Crippen LogP contribution in [0.1, 0.15) is 53.4 Å². The second kappa shape index (κ2) is 13.0. The van der Waals surface area contributed by atoms with Crippen LogP contribution in [0.5, 0.6) is 0 Å². The van der Waals surface area contributed by atoms with Crippen LogP contribution in [-0.2, 0) is 9.53 Å². The highest BCUT2D eigenvalue weighted by atomic mass is 127. The number of ether oxygens (including phenoxy) is 1. The molecule has 26 heavy (non-hydrogen) atoms. The molecule has 0 heterocycles. The number of rotatable bonds is 9. The number of nitrogens with one attached hydrogen (secondary N) is 4. The fourth-order valence-corrected chi connectivity index (χ4v) is 1.96. The lowest BCUT2D eigenvalue weighted by Crippen LogP contribution is -2.42. The minimum absolute atomic E-state index is 0. The van der Waals surface area contributed by atoms with Crippen LogP contribution < -0.4 is 21.3 Å². The number of guanidine groups is 1. The van der Waals surface area contributed by atoms with E-state index >= 15 is 0 Å². The molecular formula is C17H34IN5O3. The fourth-order valence-electron chi connectivity index (χ4n) is 1.96. The zero-order valence-corrected chi connectivity index (χ0v) is 18.6. The Morgan fingerprint density at radius 2 is 1.77 bits per heavy atom. The van der Waals surface area contributed by atoms with Gasteiger partial charge in [0.1, 0.15) is 5.60 Å². The number of alkyl carbamates (subject to hydrolysis) is 1. The van der Waals surface area contributed by atoms with Crippen LogP contribution in [-0.4, -0.2) is 55.8 Å². The third-order valence-electron chi connectivity index (χ3n) is 3.20. The Morgan fingerprint density at radius 3 is 2.35 bits per heavy atom. The summed E-state index contributed by atoms with van der Waals surface area (Å²) in [7, 11) is 0. The maximum Gasteiger partial charge on any atom is 0.407 e. The third-order valence-corrected chi connectivity index (χ3v) is 3.20. The van der Waals surface area contributed by atoms with Gasteiger partial charge in [0.15, 0.2) is 5.96 Å². The summed E-state index contributed by atoms with van der Waals surface area (Å²) in [6.45, 7) is 9.75. The number of hydrogen-bond donors (Lipinski definition) is 4. The predicted octanol–water partition coefficient (Wildman–Crippen LogP) is 1.74. The normalized spacial score (nSPS) is 14.1. The average molecular weight is 483 g/mol. The van der Waals surface area contributed by atoms with E-state index in [4.69, 9.17) is 4.74 Å². The lowest BCUT2D eigenvalue weighted by Gasteiger charge is -2.19. The first-order valence-corrected chi connectivity index (χ1v) is 9.08. The molecule has 1 fully saturated rings. The van der Waals surface area contributed by atoms with E-state index in [-0.39, 0.29) is 29.9 Å². The van der Waals surface area contributed by atoms with Gasteiger partial charge in [-0.15, -0.1) is 24.0 Å². The molecule has 0 aromatic rings. The van der Waals surface area contributed by atoms with Crippen molar-refractivity contribution in [3.63, 3.8) is 0 Å². The molecule has 1 rings (SSSR count). The van der Waals surface area contributed by atoms with Crippen LogP contribution in [0.4, 0.5) is 4.79 Å². The van der Waals surface area contributed by atoms with Gasteiger partial charge < -0.3 is 26.0 Å². The van der Waals surface area contributed by atoms with E-state index in [1.165, 1.54) is 0 Å². The van der Waals surface area contributed by atoms with Crippen molar-refractivity contribution >= 4 is 41.9 Å². The van der Waals surface area contributed by atoms with Crippen LogP contribution in [0, 0.1) is 0 Å². The molecule has 0 unspecified atom stereocenters. The van der Waals surface area contributed by atoms with Crippen molar-refractivity contribution in [2.75, 3.05) is 26.2 Å². The number of carbonyl (C=O) groups excluding carboxylic acids is 2. The second-order valence-corrected chi connectivity index (χ2v) is 7.06. The monoisotopic (exact) mass is 483 g/mol. The minimum atomic E-state index is -0.500. The fraction of sp³-hybridized carbons (Fsp3) is 0.824. The number of halogens is 1. The second-order valence-electron chi connectivity index (χ2n) is 7.06. The van der Waals surface area contributed by atoms with Gasteiger partial charge in [0, 0.05) is 38.6 Å². The van der Waals surface area contributed by atoms with Crippen LogP contribution in [0.25, 0.3) is 0 Å². The highest BCUT2D eigenvalue weighted by molar-refractivity contribution is 14.0. The van der Waals surface area contributed by atoms with Crippen molar-refractivity contribution in [3.05, 3.63) is 0 Å². The van der Waals surface area contributed by atoms with Gasteiger partial charge >= 0.3 is 6.09 Å². The Bertz CT molecular complexity index is 462. The first kappa shape index (κ1) is 24.7. The summed E-state index contributed by atoms with van der Waals surface area (Å²) >= 11 is 0. The Balaban J connectivity index is 0.00000625. The summed E-state index contributed by atoms with van der Waals surface area (Å²) in [6.07, 6.45) is 2.99. The lowest BCUT2D eigenvalue weighted by molar-refractivity contribution is -0.121. The van der Waals surface area contributed by atoms with Gasteiger partial charge in [-0.1, -0.05) is 0 Å². The van der Waals surface area contributed by atoms with E-state index in [9.17, 15) is 9.59 Å². The molecule has 152 valence electrons. The molecule has 1 aliphatic rings. The minimum Gasteiger partial charge on any atom is -0.444 e. The van der Waals surface area contributed by atoms with Crippen molar-refractivity contribution in [1.82, 2.24) is 21.3 Å². The Kier molecular flexibility index (Phi) is 12.4. The quantitative estimate of drug-likeness (QED) is 0.173. The molecule has 0 aromatic heterocycles. The Hall–Kier alpha value is -1.26. The topological polar surface area (TPSA) is 104 Å². The third kappa shape index (κ3) is 14.0. The summed E-state index contributed by atoms with van der Waals surface area (Å²) in [6, 6.07) is 0.410. The smallest absolute Gasteiger partial charge is 0.407 e. The van der Waals surface area contributed by atoms with Crippen molar-refractivity contribution in [2.24, 2.45) is 4.99 Å². The lowest BCUT2D eigenvalue weighted by atomic mass is 10.2. The van der Waals surface area contributed by atoms with E-state index in [0.717, 1.165) is 19.4 Å². The maximum atomic E-state index is 11.6. The van der Waals surface area contributed by atoms with Crippen molar-refractivity contribution in [3.8, 4) is 0 Å². The zero-order chi connectivity index (χ0) is 18.7. The van der Waals surface area contributed by atoms with E-state index in [2.05, 4.69) is 26.3 Å². The SMILES string of the molecule is CCNC(=NCCCC(=O)NC1CC1)NCCNC(=O)OC(C)(C)C.I. The van der Waals surface area contributed by atoms with Gasteiger partial charge in [0.25, 0.3) is 0 Å². The van der Waals surface area contributed by atoms with E-state index in [1.807, 2.05) is 27.7 Å². The van der Waals surface area contributed by atoms with Crippen LogP contribution in [0.2, 0.25) is 0 Å². The highest BCUT2D eigenvalue weighted by Gasteiger charge is 2.22. The maximum absolute atomic E-state index is 11.6. The number of amides is 2. The van der Waals surface area contributed by atoms with Crippen molar-refractivity contribution in [2.45, 2.75) is 65.0 Å². The Labute approximate surface area is 173 Å². The average Bonchev–Trinajstić information content (AvgIpc) is 3.30. The number of nitrogens with zero attached hydrogens (tertiary/aromatic N) is 1.